The first kappa shape index (κ1) is 31.2. The molecule has 0 spiro atoms. The van der Waals surface area contributed by atoms with Crippen LogP contribution in [-0.4, -0.2) is 104 Å². The molecule has 14 heteroatoms. The number of rotatable bonds is 12. The molecule has 0 aromatic rings. The normalized spacial score (nSPS) is 19.2. The fourth-order valence-corrected chi connectivity index (χ4v) is 4.91. The quantitative estimate of drug-likeness (QED) is 0.304. The van der Waals surface area contributed by atoms with Gasteiger partial charge in [-0.25, -0.2) is 0 Å². The van der Waals surface area contributed by atoms with Gasteiger partial charge >= 0.3 is 0 Å². The zero-order valence-corrected chi connectivity index (χ0v) is 22.1. The third-order valence-electron chi connectivity index (χ3n) is 4.60. The summed E-state index contributed by atoms with van der Waals surface area (Å²) in [6.45, 7) is 4.81. The summed E-state index contributed by atoms with van der Waals surface area (Å²) < 4.78 is 0. The van der Waals surface area contributed by atoms with E-state index in [9.17, 15) is 43.2 Å². The zero-order valence-electron chi connectivity index (χ0n) is 20.5. The molecule has 2 rings (SSSR count). The van der Waals surface area contributed by atoms with Gasteiger partial charge in [-0.15, -0.1) is 23.5 Å². The number of thioether (sulfide) groups is 2. The number of carbonyl (C=O) groups excluding carboxylic acids is 9. The van der Waals surface area contributed by atoms with Crippen molar-refractivity contribution in [2.75, 3.05) is 31.1 Å². The van der Waals surface area contributed by atoms with Crippen molar-refractivity contribution < 1.29 is 43.2 Å². The summed E-state index contributed by atoms with van der Waals surface area (Å²) in [7, 11) is 0. The fraction of sp³-hybridized carbons (Fsp3) is 0.591. The summed E-state index contributed by atoms with van der Waals surface area (Å²) in [5.41, 5.74) is 0. The maximum Gasteiger partial charge on any atom is 0.243 e. The van der Waals surface area contributed by atoms with Gasteiger partial charge in [0.25, 0.3) is 0 Å². The Morgan fingerprint density at radius 2 is 1.11 bits per heavy atom. The third-order valence-corrected chi connectivity index (χ3v) is 7.29. The van der Waals surface area contributed by atoms with Gasteiger partial charge in [0, 0.05) is 12.8 Å². The van der Waals surface area contributed by atoms with E-state index >= 15 is 0 Å². The summed E-state index contributed by atoms with van der Waals surface area (Å²) in [5, 5.41) is 1.21. The van der Waals surface area contributed by atoms with Gasteiger partial charge in [-0.3, -0.25) is 53.0 Å². The highest BCUT2D eigenvalue weighted by molar-refractivity contribution is 8.01. The van der Waals surface area contributed by atoms with Crippen LogP contribution in [0.1, 0.15) is 40.5 Å². The number of Topliss-reactive ketones (excluding diaryl/α,β-unsaturated/α-hetero) is 4. The van der Waals surface area contributed by atoms with E-state index in [-0.39, 0.29) is 78.9 Å². The molecule has 0 aromatic heterocycles. The topological polar surface area (TPSA) is 172 Å². The molecule has 2 aliphatic heterocycles. The second-order valence-corrected chi connectivity index (χ2v) is 10.6. The Labute approximate surface area is 216 Å². The van der Waals surface area contributed by atoms with E-state index < -0.39 is 28.2 Å². The number of carbonyl (C=O) groups is 9. The van der Waals surface area contributed by atoms with Crippen molar-refractivity contribution in [2.45, 2.75) is 51.0 Å². The molecular weight excluding hydrogens is 514 g/mol. The van der Waals surface area contributed by atoms with Crippen LogP contribution in [0.2, 0.25) is 0 Å². The van der Waals surface area contributed by atoms with E-state index in [2.05, 4.69) is 5.32 Å². The molecule has 2 saturated heterocycles. The first-order chi connectivity index (χ1) is 16.7. The number of hydrogen-bond donors (Lipinski definition) is 1. The molecule has 2 heterocycles. The van der Waals surface area contributed by atoms with Crippen molar-refractivity contribution in [3.63, 3.8) is 0 Å². The number of ketones is 4. The molecule has 1 N–H and O–H groups in total. The largest absolute Gasteiger partial charge is 0.347 e. The van der Waals surface area contributed by atoms with Gasteiger partial charge in [-0.05, 0) is 27.7 Å². The molecule has 198 valence electrons. The molecular formula is C22H29N3O9S2. The van der Waals surface area contributed by atoms with E-state index in [1.807, 2.05) is 0 Å². The van der Waals surface area contributed by atoms with Crippen LogP contribution in [0.15, 0.2) is 0 Å². The number of likely N-dealkylation sites (tertiary alicyclic amines) is 2. The Morgan fingerprint density at radius 1 is 0.694 bits per heavy atom. The van der Waals surface area contributed by atoms with Gasteiger partial charge < -0.3 is 5.32 Å². The Bertz CT molecular complexity index is 966. The van der Waals surface area contributed by atoms with E-state index in [0.717, 1.165) is 33.3 Å². The highest BCUT2D eigenvalue weighted by Gasteiger charge is 2.40. The van der Waals surface area contributed by atoms with Crippen LogP contribution >= 0.6 is 23.5 Å². The van der Waals surface area contributed by atoms with Crippen LogP contribution in [0, 0.1) is 0 Å². The van der Waals surface area contributed by atoms with Crippen molar-refractivity contribution in [1.29, 1.82) is 0 Å². The zero-order chi connectivity index (χ0) is 27.6. The first-order valence-corrected chi connectivity index (χ1v) is 13.0. The highest BCUT2D eigenvalue weighted by Crippen LogP contribution is 2.25. The van der Waals surface area contributed by atoms with Crippen molar-refractivity contribution in [2.24, 2.45) is 0 Å². The van der Waals surface area contributed by atoms with Gasteiger partial charge in [0.2, 0.25) is 29.5 Å². The third kappa shape index (κ3) is 10.4. The Hall–Kier alpha value is -2.87. The molecule has 2 fully saturated rings. The van der Waals surface area contributed by atoms with Gasteiger partial charge in [0.1, 0.15) is 29.7 Å². The molecule has 2 atom stereocenters. The van der Waals surface area contributed by atoms with Crippen molar-refractivity contribution in [1.82, 2.24) is 15.1 Å². The molecule has 0 saturated carbocycles. The fourth-order valence-electron chi connectivity index (χ4n) is 2.98. The van der Waals surface area contributed by atoms with Crippen LogP contribution < -0.4 is 5.32 Å². The second kappa shape index (κ2) is 14.6. The lowest BCUT2D eigenvalue weighted by atomic mass is 10.4. The monoisotopic (exact) mass is 543 g/mol. The number of nitrogens with zero attached hydrogens (tertiary/aromatic N) is 2. The number of hydrogen-bond acceptors (Lipinski definition) is 11. The summed E-state index contributed by atoms with van der Waals surface area (Å²) in [5.74, 6) is -2.31. The minimum absolute atomic E-state index is 0.00321. The van der Waals surface area contributed by atoms with E-state index in [1.165, 1.54) is 27.7 Å². The van der Waals surface area contributed by atoms with Crippen molar-refractivity contribution >= 4 is 76.2 Å². The predicted molar refractivity (Wildman–Crippen MR) is 131 cm³/mol. The number of imide groups is 2. The van der Waals surface area contributed by atoms with Crippen molar-refractivity contribution in [3.8, 4) is 0 Å². The standard InChI is InChI=1S/C12H16N2O5S.C10H13NO4S/c1-7(15)4-13-10(17)5-14-11(18)3-9(12(14)19)20-6-8(2)16;1-6(12)4-11-9(14)3-8(10(11)15)16-5-7(2)13/h9H,3-6H2,1-2H3,(H,13,17);8H,3-5H2,1-2H3. The molecule has 0 radical (unpaired) electrons. The minimum atomic E-state index is -0.605. The molecule has 0 aromatic carbocycles. The summed E-state index contributed by atoms with van der Waals surface area (Å²) in [6.07, 6.45) is 0.0842. The molecule has 2 aliphatic rings. The van der Waals surface area contributed by atoms with Crippen LogP contribution in [0.25, 0.3) is 0 Å². The molecule has 12 nitrogen and oxygen atoms in total. The van der Waals surface area contributed by atoms with Gasteiger partial charge in [-0.2, -0.15) is 0 Å². The van der Waals surface area contributed by atoms with Crippen LogP contribution in [-0.2, 0) is 43.2 Å². The SMILES string of the molecule is CC(=O)CNC(=O)CN1C(=O)CC(SCC(C)=O)C1=O.CC(=O)CSC1CC(=O)N(CC(C)=O)C1=O. The predicted octanol–water partition coefficient (Wildman–Crippen LogP) is -0.834. The Morgan fingerprint density at radius 3 is 1.47 bits per heavy atom. The Kier molecular flexibility index (Phi) is 12.7. The molecule has 2 unspecified atom stereocenters. The van der Waals surface area contributed by atoms with Crippen LogP contribution in [0.5, 0.6) is 0 Å². The van der Waals surface area contributed by atoms with Gasteiger partial charge in [0.05, 0.1) is 35.1 Å². The molecule has 0 aliphatic carbocycles. The first-order valence-electron chi connectivity index (χ1n) is 10.9. The van der Waals surface area contributed by atoms with Crippen molar-refractivity contribution in [3.05, 3.63) is 0 Å². The average Bonchev–Trinajstić information content (AvgIpc) is 3.19. The van der Waals surface area contributed by atoms with E-state index in [1.54, 1.807) is 0 Å². The smallest absolute Gasteiger partial charge is 0.243 e. The van der Waals surface area contributed by atoms with Gasteiger partial charge in [0.15, 0.2) is 0 Å². The average molecular weight is 544 g/mol. The van der Waals surface area contributed by atoms with E-state index in [4.69, 9.17) is 0 Å². The second-order valence-electron chi connectivity index (χ2n) is 8.23. The summed E-state index contributed by atoms with van der Waals surface area (Å²) >= 11 is 2.27. The lowest BCUT2D eigenvalue weighted by Crippen LogP contribution is -2.42. The maximum absolute atomic E-state index is 11.9. The van der Waals surface area contributed by atoms with Crippen LogP contribution in [0.4, 0.5) is 0 Å². The highest BCUT2D eigenvalue weighted by atomic mass is 32.2. The molecule has 36 heavy (non-hydrogen) atoms. The minimum Gasteiger partial charge on any atom is -0.347 e. The summed E-state index contributed by atoms with van der Waals surface area (Å²) in [4.78, 5) is 103. The number of amides is 5. The molecule has 5 amide bonds. The van der Waals surface area contributed by atoms with Crippen LogP contribution in [0.3, 0.4) is 0 Å². The summed E-state index contributed by atoms with van der Waals surface area (Å²) in [6, 6.07) is 0. The van der Waals surface area contributed by atoms with Gasteiger partial charge in [-0.1, -0.05) is 0 Å². The lowest BCUT2D eigenvalue weighted by molar-refractivity contribution is -0.142. The molecule has 0 bridgehead atoms. The lowest BCUT2D eigenvalue weighted by Gasteiger charge is -2.14. The maximum atomic E-state index is 11.9. The van der Waals surface area contributed by atoms with E-state index in [0.29, 0.717) is 0 Å². The Balaban J connectivity index is 0.000000369. The number of nitrogens with one attached hydrogen (secondary N) is 1.